The molecule has 3 heteroatoms. The summed E-state index contributed by atoms with van der Waals surface area (Å²) in [6.45, 7) is 6.88. The van der Waals surface area contributed by atoms with Crippen molar-refractivity contribution >= 4 is 0 Å². The molecule has 24 heavy (non-hydrogen) atoms. The van der Waals surface area contributed by atoms with Crippen LogP contribution in [0.5, 0.6) is 0 Å². The molecule has 134 valence electrons. The second kappa shape index (κ2) is 5.35. The summed E-state index contributed by atoms with van der Waals surface area (Å²) < 4.78 is 5.73. The fourth-order valence-electron chi connectivity index (χ4n) is 6.78. The van der Waals surface area contributed by atoms with Gasteiger partial charge >= 0.3 is 0 Å². The molecule has 2 N–H and O–H groups in total. The summed E-state index contributed by atoms with van der Waals surface area (Å²) in [7, 11) is 0. The quantitative estimate of drug-likeness (QED) is 0.807. The van der Waals surface area contributed by atoms with E-state index in [1.807, 2.05) is 6.26 Å². The lowest BCUT2D eigenvalue weighted by Crippen LogP contribution is -2.51. The number of fused-ring (bicyclic) bond motifs is 5. The zero-order chi connectivity index (χ0) is 17.2. The van der Waals surface area contributed by atoms with Crippen LogP contribution in [0.4, 0.5) is 0 Å². The minimum atomic E-state index is -0.915. The van der Waals surface area contributed by atoms with Gasteiger partial charge in [0.15, 0.2) is 0 Å². The molecule has 6 atom stereocenters. The highest BCUT2D eigenvalue weighted by atomic mass is 16.3. The maximum atomic E-state index is 11.1. The summed E-state index contributed by atoms with van der Waals surface area (Å²) in [6, 6.07) is 2.20. The molecule has 0 saturated heterocycles. The van der Waals surface area contributed by atoms with Gasteiger partial charge < -0.3 is 14.6 Å². The topological polar surface area (TPSA) is 53.6 Å². The van der Waals surface area contributed by atoms with Gasteiger partial charge in [0.2, 0.25) is 0 Å². The van der Waals surface area contributed by atoms with Gasteiger partial charge in [-0.2, -0.15) is 0 Å². The Morgan fingerprint density at radius 3 is 2.75 bits per heavy atom. The lowest BCUT2D eigenvalue weighted by Gasteiger charge is -2.58. The highest BCUT2D eigenvalue weighted by molar-refractivity contribution is 5.30. The van der Waals surface area contributed by atoms with E-state index >= 15 is 0 Å². The number of hydrogen-bond acceptors (Lipinski definition) is 3. The number of hydrogen-bond donors (Lipinski definition) is 2. The molecule has 0 aromatic carbocycles. The van der Waals surface area contributed by atoms with Gasteiger partial charge in [0.05, 0.1) is 18.5 Å². The van der Waals surface area contributed by atoms with Gasteiger partial charge in [-0.1, -0.05) is 20.8 Å². The average Bonchev–Trinajstić information content (AvgIpc) is 2.97. The van der Waals surface area contributed by atoms with Crippen LogP contribution in [0.1, 0.15) is 76.5 Å². The predicted octanol–water partition coefficient (Wildman–Crippen LogP) is 4.28. The fourth-order valence-corrected chi connectivity index (χ4v) is 6.78. The molecule has 0 aliphatic heterocycles. The maximum absolute atomic E-state index is 11.1. The molecule has 0 amide bonds. The molecule has 4 rings (SSSR count). The summed E-state index contributed by atoms with van der Waals surface area (Å²) in [5.41, 5.74) is 0.932. The van der Waals surface area contributed by atoms with Crippen LogP contribution in [0, 0.1) is 22.7 Å². The van der Waals surface area contributed by atoms with E-state index in [0.29, 0.717) is 11.8 Å². The Morgan fingerprint density at radius 2 is 2.00 bits per heavy atom. The zero-order valence-electron chi connectivity index (χ0n) is 15.3. The standard InChI is InChI=1S/C21H32O3/c1-14-4-5-18-19(2,12-21(14,23)13-22)9-6-16-15-8-11-24-17(15)7-10-20(16,18)3/h8,11,14,16,18,22-23H,4-7,9-10,12-13H2,1-3H3/t14?,16-,18-,19-,20-,21+/m0/s1. The Kier molecular flexibility index (Phi) is 3.71. The Hall–Kier alpha value is -0.800. The predicted molar refractivity (Wildman–Crippen MR) is 93.8 cm³/mol. The summed E-state index contributed by atoms with van der Waals surface area (Å²) in [5, 5.41) is 21.0. The molecule has 1 unspecified atom stereocenters. The van der Waals surface area contributed by atoms with Crippen molar-refractivity contribution in [2.24, 2.45) is 22.7 Å². The minimum Gasteiger partial charge on any atom is -0.469 e. The first-order valence-corrected chi connectivity index (χ1v) is 9.72. The van der Waals surface area contributed by atoms with E-state index in [4.69, 9.17) is 4.42 Å². The fraction of sp³-hybridized carbons (Fsp3) is 0.810. The van der Waals surface area contributed by atoms with E-state index in [-0.39, 0.29) is 23.4 Å². The van der Waals surface area contributed by atoms with Gasteiger partial charge in [-0.15, -0.1) is 0 Å². The first kappa shape index (κ1) is 16.7. The highest BCUT2D eigenvalue weighted by Gasteiger charge is 2.58. The third-order valence-corrected chi connectivity index (χ3v) is 8.27. The van der Waals surface area contributed by atoms with Crippen LogP contribution >= 0.6 is 0 Å². The normalized spacial score (nSPS) is 48.1. The van der Waals surface area contributed by atoms with Gasteiger partial charge in [-0.3, -0.25) is 0 Å². The Labute approximate surface area is 145 Å². The van der Waals surface area contributed by atoms with E-state index < -0.39 is 5.60 Å². The second-order valence-electron chi connectivity index (χ2n) is 9.52. The van der Waals surface area contributed by atoms with Crippen LogP contribution in [0.3, 0.4) is 0 Å². The van der Waals surface area contributed by atoms with Gasteiger partial charge in [0.1, 0.15) is 5.76 Å². The summed E-state index contributed by atoms with van der Waals surface area (Å²) in [6.07, 6.45) is 9.32. The van der Waals surface area contributed by atoms with Crippen molar-refractivity contribution in [1.82, 2.24) is 0 Å². The van der Waals surface area contributed by atoms with Crippen LogP contribution in [0.25, 0.3) is 0 Å². The smallest absolute Gasteiger partial charge is 0.107 e. The molecular formula is C21H32O3. The summed E-state index contributed by atoms with van der Waals surface area (Å²) >= 11 is 0. The molecule has 2 saturated carbocycles. The molecule has 3 aliphatic carbocycles. The Bertz CT molecular complexity index is 622. The van der Waals surface area contributed by atoms with Crippen molar-refractivity contribution in [2.45, 2.75) is 77.2 Å². The van der Waals surface area contributed by atoms with Crippen LogP contribution in [-0.4, -0.2) is 22.4 Å². The maximum Gasteiger partial charge on any atom is 0.107 e. The number of aryl methyl sites for hydroxylation is 1. The van der Waals surface area contributed by atoms with Crippen LogP contribution < -0.4 is 0 Å². The summed E-state index contributed by atoms with van der Waals surface area (Å²) in [4.78, 5) is 0. The van der Waals surface area contributed by atoms with Crippen LogP contribution in [0.2, 0.25) is 0 Å². The van der Waals surface area contributed by atoms with Gasteiger partial charge in [-0.25, -0.2) is 0 Å². The molecule has 1 aromatic heterocycles. The van der Waals surface area contributed by atoms with Crippen molar-refractivity contribution < 1.29 is 14.6 Å². The third kappa shape index (κ3) is 2.17. The molecular weight excluding hydrogens is 300 g/mol. The summed E-state index contributed by atoms with van der Waals surface area (Å²) in [5.74, 6) is 2.57. The number of aliphatic hydroxyl groups excluding tert-OH is 1. The Morgan fingerprint density at radius 1 is 1.21 bits per heavy atom. The third-order valence-electron chi connectivity index (χ3n) is 8.27. The molecule has 2 fully saturated rings. The van der Waals surface area contributed by atoms with Crippen molar-refractivity contribution in [3.8, 4) is 0 Å². The highest BCUT2D eigenvalue weighted by Crippen LogP contribution is 2.66. The number of aliphatic hydroxyl groups is 2. The van der Waals surface area contributed by atoms with Gasteiger partial charge in [0, 0.05) is 6.42 Å². The molecule has 1 heterocycles. The van der Waals surface area contributed by atoms with E-state index in [1.165, 1.54) is 30.6 Å². The van der Waals surface area contributed by atoms with E-state index in [9.17, 15) is 10.2 Å². The first-order chi connectivity index (χ1) is 11.3. The van der Waals surface area contributed by atoms with Crippen LogP contribution in [0.15, 0.2) is 16.7 Å². The lowest BCUT2D eigenvalue weighted by atomic mass is 9.46. The average molecular weight is 332 g/mol. The largest absolute Gasteiger partial charge is 0.469 e. The SMILES string of the molecule is CC1CC[C@H]2[C@@](C)(CC[C@H]3c4ccoc4CC[C@@]32C)C[C@@]1(O)CO. The number of rotatable bonds is 1. The van der Waals surface area contributed by atoms with Crippen molar-refractivity contribution in [3.63, 3.8) is 0 Å². The van der Waals surface area contributed by atoms with E-state index in [0.717, 1.165) is 25.7 Å². The molecule has 1 aromatic rings. The molecule has 0 radical (unpaired) electrons. The van der Waals surface area contributed by atoms with E-state index in [2.05, 4.69) is 26.8 Å². The monoisotopic (exact) mass is 332 g/mol. The number of furan rings is 1. The van der Waals surface area contributed by atoms with Gasteiger partial charge in [0.25, 0.3) is 0 Å². The van der Waals surface area contributed by atoms with E-state index in [1.54, 1.807) is 0 Å². The van der Waals surface area contributed by atoms with Crippen molar-refractivity contribution in [2.75, 3.05) is 6.61 Å². The minimum absolute atomic E-state index is 0.109. The molecule has 0 bridgehead atoms. The van der Waals surface area contributed by atoms with Crippen molar-refractivity contribution in [3.05, 3.63) is 23.7 Å². The molecule has 3 aliphatic rings. The molecule has 3 nitrogen and oxygen atoms in total. The first-order valence-electron chi connectivity index (χ1n) is 9.72. The second-order valence-corrected chi connectivity index (χ2v) is 9.52. The van der Waals surface area contributed by atoms with Crippen molar-refractivity contribution in [1.29, 1.82) is 0 Å². The zero-order valence-corrected chi connectivity index (χ0v) is 15.3. The Balaban J connectivity index is 1.73. The van der Waals surface area contributed by atoms with Crippen LogP contribution in [-0.2, 0) is 6.42 Å². The van der Waals surface area contributed by atoms with Gasteiger partial charge in [-0.05, 0) is 78.7 Å². The molecule has 0 spiro atoms. The lowest BCUT2D eigenvalue weighted by molar-refractivity contribution is -0.110.